The van der Waals surface area contributed by atoms with Crippen LogP contribution in [0.4, 0.5) is 5.69 Å². The third-order valence-corrected chi connectivity index (χ3v) is 3.77. The minimum absolute atomic E-state index is 0.0156. The highest BCUT2D eigenvalue weighted by Gasteiger charge is 2.19. The summed E-state index contributed by atoms with van der Waals surface area (Å²) in [5.41, 5.74) is -0.433. The summed E-state index contributed by atoms with van der Waals surface area (Å²) in [7, 11) is 1.28. The van der Waals surface area contributed by atoms with Crippen molar-refractivity contribution in [3.8, 4) is 17.2 Å². The van der Waals surface area contributed by atoms with Crippen molar-refractivity contribution < 1.29 is 33.5 Å². The molecule has 2 aromatic rings. The van der Waals surface area contributed by atoms with Gasteiger partial charge in [-0.3, -0.25) is 14.9 Å². The van der Waals surface area contributed by atoms with Crippen molar-refractivity contribution >= 4 is 17.6 Å². The van der Waals surface area contributed by atoms with Gasteiger partial charge in [0.25, 0.3) is 5.91 Å². The Morgan fingerprint density at radius 2 is 1.73 bits per heavy atom. The van der Waals surface area contributed by atoms with Crippen LogP contribution in [0.5, 0.6) is 17.2 Å². The number of nitrogens with one attached hydrogen (secondary N) is 1. The first kappa shape index (κ1) is 22.5. The van der Waals surface area contributed by atoms with Crippen LogP contribution in [0.1, 0.15) is 17.3 Å². The molecule has 1 amide bonds. The summed E-state index contributed by atoms with van der Waals surface area (Å²) < 4.78 is 20.6. The van der Waals surface area contributed by atoms with E-state index in [-0.39, 0.29) is 30.2 Å². The highest BCUT2D eigenvalue weighted by molar-refractivity contribution is 5.92. The second kappa shape index (κ2) is 11.2. The van der Waals surface area contributed by atoms with Gasteiger partial charge in [0.1, 0.15) is 18.1 Å². The fraction of sp³-hybridized carbons (Fsp3) is 0.300. The number of methoxy groups -OCH3 is 1. The van der Waals surface area contributed by atoms with E-state index >= 15 is 0 Å². The normalized spacial score (nSPS) is 10.1. The SMILES string of the molecule is CCOc1ccc(OCCNC(=O)COC(=O)c2ccc(OC)c([N+](=O)[O-])c2)cc1. The van der Waals surface area contributed by atoms with Gasteiger partial charge in [-0.2, -0.15) is 0 Å². The van der Waals surface area contributed by atoms with Crippen LogP contribution in [0.2, 0.25) is 0 Å². The van der Waals surface area contributed by atoms with Crippen molar-refractivity contribution in [2.45, 2.75) is 6.92 Å². The van der Waals surface area contributed by atoms with Gasteiger partial charge in [0.15, 0.2) is 12.4 Å². The molecule has 2 aromatic carbocycles. The van der Waals surface area contributed by atoms with Crippen LogP contribution in [0.3, 0.4) is 0 Å². The third-order valence-electron chi connectivity index (χ3n) is 3.77. The maximum Gasteiger partial charge on any atom is 0.338 e. The van der Waals surface area contributed by atoms with Crippen molar-refractivity contribution in [3.05, 3.63) is 58.1 Å². The minimum atomic E-state index is -0.860. The molecule has 0 spiro atoms. The average molecular weight is 418 g/mol. The molecule has 1 N–H and O–H groups in total. The van der Waals surface area contributed by atoms with Gasteiger partial charge < -0.3 is 24.3 Å². The van der Waals surface area contributed by atoms with Crippen LogP contribution in [0.15, 0.2) is 42.5 Å². The van der Waals surface area contributed by atoms with Crippen molar-refractivity contribution in [1.82, 2.24) is 5.32 Å². The Hall–Kier alpha value is -3.82. The number of carbonyl (C=O) groups is 2. The lowest BCUT2D eigenvalue weighted by Gasteiger charge is -2.09. The van der Waals surface area contributed by atoms with Gasteiger partial charge in [-0.15, -0.1) is 0 Å². The zero-order valence-electron chi connectivity index (χ0n) is 16.6. The number of hydrogen-bond acceptors (Lipinski definition) is 8. The molecular formula is C20H22N2O8. The summed E-state index contributed by atoms with van der Waals surface area (Å²) in [6.45, 7) is 2.37. The first-order valence-corrected chi connectivity index (χ1v) is 9.06. The predicted molar refractivity (Wildman–Crippen MR) is 106 cm³/mol. The van der Waals surface area contributed by atoms with Gasteiger partial charge in [-0.25, -0.2) is 4.79 Å². The first-order chi connectivity index (χ1) is 14.4. The van der Waals surface area contributed by atoms with Gasteiger partial charge in [-0.1, -0.05) is 0 Å². The zero-order valence-corrected chi connectivity index (χ0v) is 16.6. The van der Waals surface area contributed by atoms with E-state index in [1.54, 1.807) is 24.3 Å². The molecule has 10 nitrogen and oxygen atoms in total. The maximum absolute atomic E-state index is 12.0. The lowest BCUT2D eigenvalue weighted by molar-refractivity contribution is -0.385. The van der Waals surface area contributed by atoms with E-state index < -0.39 is 23.4 Å². The fourth-order valence-electron chi connectivity index (χ4n) is 2.38. The van der Waals surface area contributed by atoms with E-state index in [9.17, 15) is 19.7 Å². The standard InChI is InChI=1S/C20H22N2O8/c1-3-28-15-5-7-16(8-6-15)29-11-10-21-19(23)13-30-20(24)14-4-9-18(27-2)17(12-14)22(25)26/h4-9,12H,3,10-11,13H2,1-2H3,(H,21,23). The summed E-state index contributed by atoms with van der Waals surface area (Å²) in [5.74, 6) is -0.00703. The zero-order chi connectivity index (χ0) is 21.9. The fourth-order valence-corrected chi connectivity index (χ4v) is 2.38. The molecule has 0 bridgehead atoms. The molecule has 160 valence electrons. The molecule has 0 aliphatic rings. The summed E-state index contributed by atoms with van der Waals surface area (Å²) in [6.07, 6.45) is 0. The van der Waals surface area contributed by atoms with Gasteiger partial charge in [-0.05, 0) is 43.3 Å². The van der Waals surface area contributed by atoms with Crippen molar-refractivity contribution in [2.75, 3.05) is 33.5 Å². The topological polar surface area (TPSA) is 126 Å². The monoisotopic (exact) mass is 418 g/mol. The number of amides is 1. The van der Waals surface area contributed by atoms with E-state index in [0.717, 1.165) is 11.8 Å². The first-order valence-electron chi connectivity index (χ1n) is 9.06. The molecule has 0 aromatic heterocycles. The van der Waals surface area contributed by atoms with E-state index in [1.807, 2.05) is 6.92 Å². The number of nitro groups is 1. The number of hydrogen-bond donors (Lipinski definition) is 1. The highest BCUT2D eigenvalue weighted by Crippen LogP contribution is 2.27. The summed E-state index contributed by atoms with van der Waals surface area (Å²) in [5, 5.41) is 13.6. The Kier molecular flexibility index (Phi) is 8.42. The van der Waals surface area contributed by atoms with Gasteiger partial charge >= 0.3 is 11.7 Å². The largest absolute Gasteiger partial charge is 0.494 e. The number of nitro benzene ring substituents is 1. The van der Waals surface area contributed by atoms with Crippen molar-refractivity contribution in [3.63, 3.8) is 0 Å². The molecular weight excluding hydrogens is 396 g/mol. The molecule has 0 atom stereocenters. The lowest BCUT2D eigenvalue weighted by Crippen LogP contribution is -2.32. The summed E-state index contributed by atoms with van der Waals surface area (Å²) in [6, 6.07) is 10.7. The molecule has 0 saturated carbocycles. The second-order valence-electron chi connectivity index (χ2n) is 5.82. The molecule has 0 aliphatic heterocycles. The Morgan fingerprint density at radius 1 is 1.07 bits per heavy atom. The maximum atomic E-state index is 12.0. The summed E-state index contributed by atoms with van der Waals surface area (Å²) >= 11 is 0. The minimum Gasteiger partial charge on any atom is -0.494 e. The number of esters is 1. The number of rotatable bonds is 11. The lowest BCUT2D eigenvalue weighted by atomic mass is 10.2. The molecule has 0 unspecified atom stereocenters. The Bertz CT molecular complexity index is 883. The van der Waals surface area contributed by atoms with E-state index in [4.69, 9.17) is 18.9 Å². The highest BCUT2D eigenvalue weighted by atomic mass is 16.6. The van der Waals surface area contributed by atoms with Crippen LogP contribution < -0.4 is 19.5 Å². The molecule has 2 rings (SSSR count). The second-order valence-corrected chi connectivity index (χ2v) is 5.82. The van der Waals surface area contributed by atoms with Crippen molar-refractivity contribution in [2.24, 2.45) is 0 Å². The molecule has 0 saturated heterocycles. The van der Waals surface area contributed by atoms with E-state index in [2.05, 4.69) is 5.32 Å². The molecule has 0 aliphatic carbocycles. The van der Waals surface area contributed by atoms with E-state index in [0.29, 0.717) is 12.4 Å². The number of ether oxygens (including phenoxy) is 4. The quantitative estimate of drug-likeness (QED) is 0.255. The molecule has 0 fully saturated rings. The van der Waals surface area contributed by atoms with Crippen LogP contribution >= 0.6 is 0 Å². The van der Waals surface area contributed by atoms with Gasteiger partial charge in [0.2, 0.25) is 0 Å². The van der Waals surface area contributed by atoms with Crippen LogP contribution in [-0.2, 0) is 9.53 Å². The van der Waals surface area contributed by atoms with Crippen LogP contribution in [0, 0.1) is 10.1 Å². The number of nitrogens with zero attached hydrogens (tertiary/aromatic N) is 1. The third kappa shape index (κ3) is 6.66. The predicted octanol–water partition coefficient (Wildman–Crippen LogP) is 2.35. The summed E-state index contributed by atoms with van der Waals surface area (Å²) in [4.78, 5) is 34.1. The smallest absolute Gasteiger partial charge is 0.338 e. The molecule has 10 heteroatoms. The Morgan fingerprint density at radius 3 is 2.33 bits per heavy atom. The van der Waals surface area contributed by atoms with E-state index in [1.165, 1.54) is 19.2 Å². The molecule has 30 heavy (non-hydrogen) atoms. The Balaban J connectivity index is 1.73. The van der Waals surface area contributed by atoms with Gasteiger partial charge in [0.05, 0.1) is 30.7 Å². The molecule has 0 heterocycles. The van der Waals surface area contributed by atoms with Gasteiger partial charge in [0, 0.05) is 6.07 Å². The Labute approximate surface area is 172 Å². The molecule has 0 radical (unpaired) electrons. The average Bonchev–Trinajstić information content (AvgIpc) is 2.75. The van der Waals surface area contributed by atoms with Crippen LogP contribution in [-0.4, -0.2) is 50.3 Å². The van der Waals surface area contributed by atoms with Crippen LogP contribution in [0.25, 0.3) is 0 Å². The number of carbonyl (C=O) groups excluding carboxylic acids is 2. The number of benzene rings is 2. The van der Waals surface area contributed by atoms with Crippen molar-refractivity contribution in [1.29, 1.82) is 0 Å².